The third kappa shape index (κ3) is 4.47. The Morgan fingerprint density at radius 2 is 2.00 bits per heavy atom. The molecule has 3 rings (SSSR count). The van der Waals surface area contributed by atoms with Crippen molar-refractivity contribution < 1.29 is 9.18 Å². The largest absolute Gasteiger partial charge is 0.354 e. The van der Waals surface area contributed by atoms with Gasteiger partial charge in [0.05, 0.1) is 0 Å². The number of aromatic nitrogens is 4. The van der Waals surface area contributed by atoms with Gasteiger partial charge in [0.25, 0.3) is 0 Å². The number of nitrogens with one attached hydrogen (secondary N) is 1. The van der Waals surface area contributed by atoms with Crippen LogP contribution in [0.2, 0.25) is 0 Å². The molecule has 1 unspecified atom stereocenters. The summed E-state index contributed by atoms with van der Waals surface area (Å²) in [6.45, 7) is 2.53. The maximum atomic E-state index is 13.2. The van der Waals surface area contributed by atoms with Crippen molar-refractivity contribution in [2.45, 2.75) is 19.4 Å². The highest BCUT2D eigenvalue weighted by molar-refractivity contribution is 5.75. The molecule has 0 aliphatic heterocycles. The molecule has 0 saturated heterocycles. The van der Waals surface area contributed by atoms with Gasteiger partial charge in [0.2, 0.25) is 11.7 Å². The van der Waals surface area contributed by atoms with Crippen molar-refractivity contribution in [1.82, 2.24) is 25.5 Å². The van der Waals surface area contributed by atoms with E-state index < -0.39 is 0 Å². The second-order valence-corrected chi connectivity index (χ2v) is 5.77. The van der Waals surface area contributed by atoms with Crippen LogP contribution in [0.15, 0.2) is 54.6 Å². The Balaban J connectivity index is 1.55. The molecule has 1 amide bonds. The van der Waals surface area contributed by atoms with Crippen LogP contribution >= 0.6 is 0 Å². The summed E-state index contributed by atoms with van der Waals surface area (Å²) in [6, 6.07) is 15.9. The van der Waals surface area contributed by atoms with Crippen LogP contribution in [0.3, 0.4) is 0 Å². The van der Waals surface area contributed by atoms with Crippen molar-refractivity contribution in [1.29, 1.82) is 0 Å². The van der Waals surface area contributed by atoms with Gasteiger partial charge >= 0.3 is 0 Å². The predicted molar refractivity (Wildman–Crippen MR) is 91.1 cm³/mol. The Morgan fingerprint density at radius 3 is 2.76 bits per heavy atom. The minimum Gasteiger partial charge on any atom is -0.354 e. The van der Waals surface area contributed by atoms with Crippen molar-refractivity contribution in [3.63, 3.8) is 0 Å². The fourth-order valence-corrected chi connectivity index (χ4v) is 2.40. The van der Waals surface area contributed by atoms with E-state index in [1.165, 1.54) is 16.9 Å². The quantitative estimate of drug-likeness (QED) is 0.748. The zero-order chi connectivity index (χ0) is 17.6. The molecule has 6 nitrogen and oxygen atoms in total. The second-order valence-electron chi connectivity index (χ2n) is 5.77. The number of benzene rings is 2. The van der Waals surface area contributed by atoms with E-state index in [0.717, 1.165) is 5.56 Å². The first-order valence-electron chi connectivity index (χ1n) is 7.97. The topological polar surface area (TPSA) is 72.7 Å². The maximum Gasteiger partial charge on any atom is 0.243 e. The van der Waals surface area contributed by atoms with Crippen molar-refractivity contribution in [3.05, 3.63) is 66.0 Å². The molecule has 0 bridgehead atoms. The standard InChI is InChI=1S/C18H18FN5O/c1-13(14-6-3-2-4-7-14)11-20-17(25)12-24-22-18(21-23-24)15-8-5-9-16(19)10-15/h2-10,13H,11-12H2,1H3,(H,20,25). The lowest BCUT2D eigenvalue weighted by atomic mass is 10.0. The Labute approximate surface area is 144 Å². The van der Waals surface area contributed by atoms with Gasteiger partial charge in [-0.3, -0.25) is 4.79 Å². The minimum atomic E-state index is -0.374. The lowest BCUT2D eigenvalue weighted by molar-refractivity contribution is -0.122. The Morgan fingerprint density at radius 1 is 1.20 bits per heavy atom. The van der Waals surface area contributed by atoms with E-state index >= 15 is 0 Å². The van der Waals surface area contributed by atoms with Crippen LogP contribution in [0.1, 0.15) is 18.4 Å². The summed E-state index contributed by atoms with van der Waals surface area (Å²) in [6.07, 6.45) is 0. The molecule has 1 atom stereocenters. The fourth-order valence-electron chi connectivity index (χ4n) is 2.40. The molecular formula is C18H18FN5O. The van der Waals surface area contributed by atoms with Crippen LogP contribution in [0.5, 0.6) is 0 Å². The smallest absolute Gasteiger partial charge is 0.243 e. The summed E-state index contributed by atoms with van der Waals surface area (Å²) < 4.78 is 13.2. The monoisotopic (exact) mass is 339 g/mol. The highest BCUT2D eigenvalue weighted by atomic mass is 19.1. The SMILES string of the molecule is CC(CNC(=O)Cn1nnc(-c2cccc(F)c2)n1)c1ccccc1. The van der Waals surface area contributed by atoms with Crippen molar-refractivity contribution in [3.8, 4) is 11.4 Å². The molecule has 0 fully saturated rings. The van der Waals surface area contributed by atoms with Gasteiger partial charge in [-0.1, -0.05) is 49.4 Å². The zero-order valence-electron chi connectivity index (χ0n) is 13.8. The van der Waals surface area contributed by atoms with Crippen LogP contribution in [0.4, 0.5) is 4.39 Å². The number of tetrazole rings is 1. The van der Waals surface area contributed by atoms with E-state index in [2.05, 4.69) is 20.7 Å². The predicted octanol–water partition coefficient (Wildman–Crippen LogP) is 2.40. The zero-order valence-corrected chi connectivity index (χ0v) is 13.8. The molecule has 0 aliphatic rings. The van der Waals surface area contributed by atoms with Gasteiger partial charge in [0.15, 0.2) is 0 Å². The van der Waals surface area contributed by atoms with Crippen LogP contribution in [0, 0.1) is 5.82 Å². The van der Waals surface area contributed by atoms with Gasteiger partial charge < -0.3 is 5.32 Å². The number of hydrogen-bond donors (Lipinski definition) is 1. The molecule has 7 heteroatoms. The van der Waals surface area contributed by atoms with E-state index in [4.69, 9.17) is 0 Å². The Hall–Kier alpha value is -3.09. The molecule has 0 spiro atoms. The van der Waals surface area contributed by atoms with Gasteiger partial charge in [0, 0.05) is 12.1 Å². The molecule has 128 valence electrons. The molecule has 0 aliphatic carbocycles. The average Bonchev–Trinajstić information content (AvgIpc) is 3.09. The van der Waals surface area contributed by atoms with E-state index in [1.807, 2.05) is 37.3 Å². The van der Waals surface area contributed by atoms with Gasteiger partial charge in [0.1, 0.15) is 12.4 Å². The number of amides is 1. The van der Waals surface area contributed by atoms with Crippen molar-refractivity contribution in [2.75, 3.05) is 6.54 Å². The number of carbonyl (C=O) groups is 1. The molecule has 1 aromatic heterocycles. The Kier molecular flexibility index (Phi) is 5.13. The second kappa shape index (κ2) is 7.65. The third-order valence-electron chi connectivity index (χ3n) is 3.79. The number of hydrogen-bond acceptors (Lipinski definition) is 4. The van der Waals surface area contributed by atoms with Gasteiger partial charge in [-0.15, -0.1) is 10.2 Å². The van der Waals surface area contributed by atoms with Gasteiger partial charge in [-0.05, 0) is 28.8 Å². The molecule has 0 saturated carbocycles. The first kappa shape index (κ1) is 16.8. The molecular weight excluding hydrogens is 321 g/mol. The van der Waals surface area contributed by atoms with E-state index in [1.54, 1.807) is 12.1 Å². The Bertz CT molecular complexity index is 849. The first-order valence-corrected chi connectivity index (χ1v) is 7.97. The third-order valence-corrected chi connectivity index (χ3v) is 3.79. The summed E-state index contributed by atoms with van der Waals surface area (Å²) in [5.41, 5.74) is 1.68. The number of halogens is 1. The molecule has 0 radical (unpaired) electrons. The van der Waals surface area contributed by atoms with Crippen LogP contribution in [-0.4, -0.2) is 32.7 Å². The lowest BCUT2D eigenvalue weighted by Gasteiger charge is -2.12. The molecule has 2 aromatic carbocycles. The number of rotatable bonds is 6. The minimum absolute atomic E-state index is 0.0379. The molecule has 3 aromatic rings. The average molecular weight is 339 g/mol. The normalized spacial score (nSPS) is 11.9. The van der Waals surface area contributed by atoms with E-state index in [-0.39, 0.29) is 30.0 Å². The first-order chi connectivity index (χ1) is 12.1. The summed E-state index contributed by atoms with van der Waals surface area (Å²) in [4.78, 5) is 13.2. The summed E-state index contributed by atoms with van der Waals surface area (Å²) in [7, 11) is 0. The molecule has 1 N–H and O–H groups in total. The van der Waals surface area contributed by atoms with E-state index in [9.17, 15) is 9.18 Å². The summed E-state index contributed by atoms with van der Waals surface area (Å²) in [5.74, 6) is -0.0888. The van der Waals surface area contributed by atoms with Crippen molar-refractivity contribution >= 4 is 5.91 Å². The maximum absolute atomic E-state index is 13.2. The number of nitrogens with zero attached hydrogens (tertiary/aromatic N) is 4. The highest BCUT2D eigenvalue weighted by Crippen LogP contribution is 2.14. The van der Waals surface area contributed by atoms with Gasteiger partial charge in [-0.2, -0.15) is 4.80 Å². The number of carbonyl (C=O) groups excluding carboxylic acids is 1. The molecule has 25 heavy (non-hydrogen) atoms. The summed E-state index contributed by atoms with van der Waals surface area (Å²) >= 11 is 0. The fraction of sp³-hybridized carbons (Fsp3) is 0.222. The van der Waals surface area contributed by atoms with Crippen LogP contribution in [-0.2, 0) is 11.3 Å². The van der Waals surface area contributed by atoms with E-state index in [0.29, 0.717) is 12.1 Å². The summed E-state index contributed by atoms with van der Waals surface area (Å²) in [5, 5.41) is 14.7. The van der Waals surface area contributed by atoms with Crippen molar-refractivity contribution in [2.24, 2.45) is 0 Å². The van der Waals surface area contributed by atoms with Crippen LogP contribution in [0.25, 0.3) is 11.4 Å². The van der Waals surface area contributed by atoms with Gasteiger partial charge in [-0.25, -0.2) is 4.39 Å². The highest BCUT2D eigenvalue weighted by Gasteiger charge is 2.11. The molecule has 1 heterocycles. The lowest BCUT2D eigenvalue weighted by Crippen LogP contribution is -2.31. The van der Waals surface area contributed by atoms with Crippen LogP contribution < -0.4 is 5.32 Å².